The molecule has 0 saturated carbocycles. The molecule has 0 fully saturated rings. The van der Waals surface area contributed by atoms with E-state index in [1.54, 1.807) is 30.3 Å². The molecular weight excluding hydrogens is 292 g/mol. The van der Waals surface area contributed by atoms with E-state index in [4.69, 9.17) is 9.47 Å². The number of non-ortho nitro benzene ring substituents is 1. The van der Waals surface area contributed by atoms with Gasteiger partial charge in [0.25, 0.3) is 5.69 Å². The van der Waals surface area contributed by atoms with Gasteiger partial charge in [-0.3, -0.25) is 20.2 Å². The molecule has 0 aliphatic heterocycles. The Hall–Kier alpha value is -3.16. The zero-order chi connectivity index (χ0) is 16.5. The molecule has 116 valence electrons. The Balaban J connectivity index is 0.000000220. The SMILES string of the molecule is COc1ccc([N+](=O)[O-])cc1.COc1ccccc1[N+](=O)[O-]. The van der Waals surface area contributed by atoms with Crippen molar-refractivity contribution in [3.8, 4) is 11.5 Å². The molecule has 0 amide bonds. The Bertz CT molecular complexity index is 642. The van der Waals surface area contributed by atoms with Crippen molar-refractivity contribution in [1.82, 2.24) is 0 Å². The van der Waals surface area contributed by atoms with E-state index in [0.717, 1.165) is 0 Å². The Morgan fingerprint density at radius 1 is 0.818 bits per heavy atom. The molecule has 0 heterocycles. The van der Waals surface area contributed by atoms with Gasteiger partial charge in [0.15, 0.2) is 5.75 Å². The number of hydrogen-bond donors (Lipinski definition) is 0. The van der Waals surface area contributed by atoms with E-state index in [2.05, 4.69) is 0 Å². The minimum atomic E-state index is -0.473. The highest BCUT2D eigenvalue weighted by molar-refractivity contribution is 5.45. The van der Waals surface area contributed by atoms with Gasteiger partial charge in [-0.05, 0) is 18.2 Å². The minimum absolute atomic E-state index is 0.00463. The van der Waals surface area contributed by atoms with Crippen molar-refractivity contribution in [3.63, 3.8) is 0 Å². The topological polar surface area (TPSA) is 105 Å². The minimum Gasteiger partial charge on any atom is -0.497 e. The van der Waals surface area contributed by atoms with Gasteiger partial charge in [0.1, 0.15) is 5.75 Å². The van der Waals surface area contributed by atoms with Gasteiger partial charge >= 0.3 is 5.69 Å². The van der Waals surface area contributed by atoms with Crippen LogP contribution >= 0.6 is 0 Å². The smallest absolute Gasteiger partial charge is 0.310 e. The molecular formula is C14H14N2O6. The van der Waals surface area contributed by atoms with Gasteiger partial charge in [0, 0.05) is 18.2 Å². The highest BCUT2D eigenvalue weighted by atomic mass is 16.6. The summed E-state index contributed by atoms with van der Waals surface area (Å²) < 4.78 is 9.59. The number of methoxy groups -OCH3 is 2. The highest BCUT2D eigenvalue weighted by Gasteiger charge is 2.11. The largest absolute Gasteiger partial charge is 0.497 e. The van der Waals surface area contributed by atoms with Crippen molar-refractivity contribution in [2.24, 2.45) is 0 Å². The average Bonchev–Trinajstić information content (AvgIpc) is 2.55. The second-order valence-electron chi connectivity index (χ2n) is 3.88. The maximum absolute atomic E-state index is 10.3. The van der Waals surface area contributed by atoms with Gasteiger partial charge in [0.05, 0.1) is 24.1 Å². The van der Waals surface area contributed by atoms with Crippen LogP contribution < -0.4 is 9.47 Å². The molecule has 0 radical (unpaired) electrons. The van der Waals surface area contributed by atoms with E-state index < -0.39 is 9.85 Å². The van der Waals surface area contributed by atoms with Crippen molar-refractivity contribution >= 4 is 11.4 Å². The molecule has 0 aromatic heterocycles. The fourth-order valence-corrected chi connectivity index (χ4v) is 1.48. The van der Waals surface area contributed by atoms with Gasteiger partial charge in [0.2, 0.25) is 0 Å². The van der Waals surface area contributed by atoms with E-state index in [1.165, 1.54) is 32.4 Å². The molecule has 0 bridgehead atoms. The van der Waals surface area contributed by atoms with E-state index in [9.17, 15) is 20.2 Å². The van der Waals surface area contributed by atoms with E-state index in [-0.39, 0.29) is 17.1 Å². The van der Waals surface area contributed by atoms with Crippen LogP contribution in [0, 0.1) is 20.2 Å². The Labute approximate surface area is 126 Å². The second kappa shape index (κ2) is 8.20. The van der Waals surface area contributed by atoms with Gasteiger partial charge in [-0.15, -0.1) is 0 Å². The first-order valence-electron chi connectivity index (χ1n) is 6.05. The summed E-state index contributed by atoms with van der Waals surface area (Å²) in [5, 5.41) is 20.5. The van der Waals surface area contributed by atoms with Crippen molar-refractivity contribution in [1.29, 1.82) is 0 Å². The van der Waals surface area contributed by atoms with Crippen molar-refractivity contribution in [2.45, 2.75) is 0 Å². The molecule has 8 nitrogen and oxygen atoms in total. The Morgan fingerprint density at radius 2 is 1.41 bits per heavy atom. The fourth-order valence-electron chi connectivity index (χ4n) is 1.48. The monoisotopic (exact) mass is 306 g/mol. The first-order chi connectivity index (χ1) is 10.5. The molecule has 0 aliphatic rings. The van der Waals surface area contributed by atoms with Gasteiger partial charge in [-0.25, -0.2) is 0 Å². The van der Waals surface area contributed by atoms with E-state index in [0.29, 0.717) is 5.75 Å². The van der Waals surface area contributed by atoms with Gasteiger partial charge in [-0.2, -0.15) is 0 Å². The molecule has 2 aromatic rings. The molecule has 0 spiro atoms. The maximum Gasteiger partial charge on any atom is 0.310 e. The third-order valence-electron chi connectivity index (χ3n) is 2.57. The van der Waals surface area contributed by atoms with Crippen LogP contribution in [0.1, 0.15) is 0 Å². The van der Waals surface area contributed by atoms with Crippen LogP contribution in [0.25, 0.3) is 0 Å². The molecule has 0 unspecified atom stereocenters. The molecule has 2 rings (SSSR count). The Morgan fingerprint density at radius 3 is 1.82 bits per heavy atom. The molecule has 0 N–H and O–H groups in total. The van der Waals surface area contributed by atoms with Crippen molar-refractivity contribution in [2.75, 3.05) is 14.2 Å². The summed E-state index contributed by atoms with van der Waals surface area (Å²) in [5.74, 6) is 0.910. The number of nitrogens with zero attached hydrogens (tertiary/aromatic N) is 2. The highest BCUT2D eigenvalue weighted by Crippen LogP contribution is 2.24. The van der Waals surface area contributed by atoms with Crippen molar-refractivity contribution in [3.05, 3.63) is 68.8 Å². The third kappa shape index (κ3) is 4.75. The van der Waals surface area contributed by atoms with E-state index in [1.807, 2.05) is 0 Å². The van der Waals surface area contributed by atoms with Gasteiger partial charge in [-0.1, -0.05) is 12.1 Å². The number of benzene rings is 2. The standard InChI is InChI=1S/2C7H7NO3/c1-11-7-4-2-6(3-5-7)8(9)10;1-11-7-5-3-2-4-6(7)8(9)10/h2*2-5H,1H3. The number of ether oxygens (including phenoxy) is 2. The summed E-state index contributed by atoms with van der Waals surface area (Å²) >= 11 is 0. The van der Waals surface area contributed by atoms with Crippen LogP contribution in [-0.4, -0.2) is 24.1 Å². The summed E-state index contributed by atoms with van der Waals surface area (Å²) in [6.45, 7) is 0. The molecule has 22 heavy (non-hydrogen) atoms. The molecule has 0 aliphatic carbocycles. The number of hydrogen-bond acceptors (Lipinski definition) is 6. The van der Waals surface area contributed by atoms with Crippen LogP contribution in [0.2, 0.25) is 0 Å². The summed E-state index contributed by atoms with van der Waals surface area (Å²) in [7, 11) is 2.92. The van der Waals surface area contributed by atoms with Crippen LogP contribution in [0.15, 0.2) is 48.5 Å². The molecule has 0 saturated heterocycles. The zero-order valence-corrected chi connectivity index (χ0v) is 12.0. The average molecular weight is 306 g/mol. The summed E-state index contributed by atoms with van der Waals surface area (Å²) in [4.78, 5) is 19.6. The fraction of sp³-hybridized carbons (Fsp3) is 0.143. The second-order valence-corrected chi connectivity index (χ2v) is 3.88. The number of nitro benzene ring substituents is 2. The zero-order valence-electron chi connectivity index (χ0n) is 12.0. The lowest BCUT2D eigenvalue weighted by Crippen LogP contribution is -1.92. The maximum atomic E-state index is 10.3. The van der Waals surface area contributed by atoms with Crippen LogP contribution in [0.4, 0.5) is 11.4 Å². The van der Waals surface area contributed by atoms with Crippen LogP contribution in [0.3, 0.4) is 0 Å². The van der Waals surface area contributed by atoms with E-state index >= 15 is 0 Å². The lowest BCUT2D eigenvalue weighted by atomic mass is 10.3. The van der Waals surface area contributed by atoms with Crippen LogP contribution in [-0.2, 0) is 0 Å². The first kappa shape index (κ1) is 16.9. The van der Waals surface area contributed by atoms with Crippen LogP contribution in [0.5, 0.6) is 11.5 Å². The van der Waals surface area contributed by atoms with Crippen molar-refractivity contribution < 1.29 is 19.3 Å². The lowest BCUT2D eigenvalue weighted by molar-refractivity contribution is -0.385. The Kier molecular flexibility index (Phi) is 6.30. The predicted octanol–water partition coefficient (Wildman–Crippen LogP) is 3.21. The normalized spacial score (nSPS) is 9.18. The summed E-state index contributed by atoms with van der Waals surface area (Å²) in [6.07, 6.45) is 0. The quantitative estimate of drug-likeness (QED) is 0.634. The molecule has 0 atom stereocenters. The summed E-state index contributed by atoms with van der Waals surface area (Å²) in [6, 6.07) is 12.2. The number of nitro groups is 2. The third-order valence-corrected chi connectivity index (χ3v) is 2.57. The van der Waals surface area contributed by atoms with Gasteiger partial charge < -0.3 is 9.47 Å². The number of rotatable bonds is 4. The first-order valence-corrected chi connectivity index (χ1v) is 6.05. The molecule has 2 aromatic carbocycles. The number of para-hydroxylation sites is 2. The predicted molar refractivity (Wildman–Crippen MR) is 79.3 cm³/mol. The lowest BCUT2D eigenvalue weighted by Gasteiger charge is -1.98. The summed E-state index contributed by atoms with van der Waals surface area (Å²) in [5.41, 5.74) is 0.0702. The molecule has 8 heteroatoms.